The molecule has 2 aromatic heterocycles. The number of ether oxygens (including phenoxy) is 2. The molecule has 2 aliphatic heterocycles. The van der Waals surface area contributed by atoms with Crippen molar-refractivity contribution in [3.05, 3.63) is 75.8 Å². The molecule has 6 rings (SSSR count). The number of rotatable bonds is 19. The molecule has 4 amide bonds. The van der Waals surface area contributed by atoms with Gasteiger partial charge in [0, 0.05) is 69.1 Å². The highest BCUT2D eigenvalue weighted by molar-refractivity contribution is 6.25. The molecule has 0 spiro atoms. The summed E-state index contributed by atoms with van der Waals surface area (Å²) in [5.74, 6) is -0.586. The Morgan fingerprint density at radius 1 is 0.877 bits per heavy atom. The first-order valence-corrected chi connectivity index (χ1v) is 19.6. The zero-order chi connectivity index (χ0) is 40.8. The van der Waals surface area contributed by atoms with Crippen molar-refractivity contribution in [3.63, 3.8) is 0 Å². The zero-order valence-electron chi connectivity index (χ0n) is 33.4. The van der Waals surface area contributed by atoms with Crippen LogP contribution < -0.4 is 25.7 Å². The molecule has 2 aliphatic rings. The van der Waals surface area contributed by atoms with Gasteiger partial charge in [-0.25, -0.2) is 0 Å². The number of benzene rings is 2. The van der Waals surface area contributed by atoms with Crippen LogP contribution in [-0.4, -0.2) is 88.7 Å². The van der Waals surface area contributed by atoms with Crippen molar-refractivity contribution in [1.82, 2.24) is 24.3 Å². The number of piperidine rings is 1. The molecule has 4 aromatic rings. The highest BCUT2D eigenvalue weighted by atomic mass is 16.5. The summed E-state index contributed by atoms with van der Waals surface area (Å²) in [6.07, 6.45) is 11.3. The molecule has 1 saturated heterocycles. The largest absolute Gasteiger partial charge is 0.496 e. The quantitative estimate of drug-likeness (QED) is 0.0957. The van der Waals surface area contributed by atoms with E-state index in [1.807, 2.05) is 54.2 Å². The van der Waals surface area contributed by atoms with Crippen LogP contribution in [0, 0.1) is 0 Å². The van der Waals surface area contributed by atoms with Gasteiger partial charge in [-0.15, -0.1) is 0 Å². The minimum Gasteiger partial charge on any atom is -0.496 e. The van der Waals surface area contributed by atoms with E-state index < -0.39 is 29.7 Å². The molecule has 0 radical (unpaired) electrons. The normalized spacial score (nSPS) is 15.4. The highest BCUT2D eigenvalue weighted by Gasteiger charge is 2.45. The Labute approximate surface area is 332 Å². The Morgan fingerprint density at radius 2 is 1.56 bits per heavy atom. The van der Waals surface area contributed by atoms with Crippen LogP contribution >= 0.6 is 0 Å². The average Bonchev–Trinajstić information content (AvgIpc) is 3.70. The Hall–Kier alpha value is -5.76. The number of carbonyl (C=O) groups is 5. The van der Waals surface area contributed by atoms with Crippen LogP contribution in [0.25, 0.3) is 22.0 Å². The van der Waals surface area contributed by atoms with Gasteiger partial charge in [-0.1, -0.05) is 38.2 Å². The van der Waals surface area contributed by atoms with Gasteiger partial charge in [0.05, 0.1) is 37.5 Å². The van der Waals surface area contributed by atoms with Gasteiger partial charge in [0.1, 0.15) is 28.8 Å². The number of unbranched alkanes of at least 4 members (excludes halogenated alkanes) is 6. The summed E-state index contributed by atoms with van der Waals surface area (Å²) in [5.41, 5.74) is 4.26. The van der Waals surface area contributed by atoms with Crippen LogP contribution in [0.4, 0.5) is 5.69 Å². The maximum Gasteiger partial charge on any atom is 0.274 e. The SMILES string of the molecule is COc1cc(-c2cn(C)c(=O)c3c2ccn3C)cc(OC)c1CN(C)CC(=O)CCCCCCCCCNc1cccc2c1C(=O)N(C1CCC(=O)NC1=O)C2=O. The smallest absolute Gasteiger partial charge is 0.274 e. The number of aryl methyl sites for hydroxylation is 2. The van der Waals surface area contributed by atoms with Crippen molar-refractivity contribution >= 4 is 46.0 Å². The number of anilines is 1. The Bertz CT molecular complexity index is 2230. The molecule has 14 heteroatoms. The number of likely N-dealkylation sites (N-methyl/N-ethyl adjacent to an activating group) is 1. The average molecular weight is 781 g/mol. The summed E-state index contributed by atoms with van der Waals surface area (Å²) in [5, 5.41) is 6.38. The number of methoxy groups -OCH3 is 2. The molecule has 4 heterocycles. The number of hydrogen-bond donors (Lipinski definition) is 2. The number of nitrogens with one attached hydrogen (secondary N) is 2. The fourth-order valence-corrected chi connectivity index (χ4v) is 7.95. The van der Waals surface area contributed by atoms with E-state index in [0.717, 1.165) is 71.9 Å². The van der Waals surface area contributed by atoms with Gasteiger partial charge in [0.2, 0.25) is 11.8 Å². The lowest BCUT2D eigenvalue weighted by atomic mass is 10.00. The van der Waals surface area contributed by atoms with Gasteiger partial charge >= 0.3 is 0 Å². The summed E-state index contributed by atoms with van der Waals surface area (Å²) in [7, 11) is 8.75. The number of pyridine rings is 1. The van der Waals surface area contributed by atoms with E-state index >= 15 is 0 Å². The molecule has 302 valence electrons. The van der Waals surface area contributed by atoms with Crippen LogP contribution in [0.2, 0.25) is 0 Å². The third-order valence-electron chi connectivity index (χ3n) is 10.9. The second-order valence-corrected chi connectivity index (χ2v) is 15.0. The fraction of sp³-hybridized carbons (Fsp3) is 0.442. The summed E-state index contributed by atoms with van der Waals surface area (Å²) in [6.45, 7) is 1.40. The molecule has 57 heavy (non-hydrogen) atoms. The third-order valence-corrected chi connectivity index (χ3v) is 10.9. The first-order valence-electron chi connectivity index (χ1n) is 19.6. The van der Waals surface area contributed by atoms with Crippen molar-refractivity contribution in [2.45, 2.75) is 76.8 Å². The van der Waals surface area contributed by atoms with E-state index in [9.17, 15) is 28.8 Å². The lowest BCUT2D eigenvalue weighted by Crippen LogP contribution is -2.54. The predicted molar refractivity (Wildman–Crippen MR) is 217 cm³/mol. The van der Waals surface area contributed by atoms with Gasteiger partial charge < -0.3 is 23.9 Å². The number of fused-ring (bicyclic) bond motifs is 2. The lowest BCUT2D eigenvalue weighted by molar-refractivity contribution is -0.136. The number of carbonyl (C=O) groups excluding carboxylic acids is 5. The number of aromatic nitrogens is 2. The van der Waals surface area contributed by atoms with Gasteiger partial charge in [0.25, 0.3) is 17.4 Å². The predicted octanol–water partition coefficient (Wildman–Crippen LogP) is 5.20. The van der Waals surface area contributed by atoms with Gasteiger partial charge in [-0.2, -0.15) is 0 Å². The standard InChI is InChI=1S/C43H52N6O8/c1-46(25-32-35(56-4)22-27(23-36(32)57-5)31-26-48(3)43(55)39-29(31)19-21-47(39)2)24-28(50)14-11-9-7-6-8-10-12-20-44-33-16-13-15-30-38(33)42(54)49(41(30)53)34-17-18-37(51)45-40(34)52/h13,15-16,19,21-23,26,34,44H,6-12,14,17-18,20,24-25H2,1-5H3,(H,45,51,52). The third kappa shape index (κ3) is 8.80. The van der Waals surface area contributed by atoms with Crippen LogP contribution in [0.1, 0.15) is 90.5 Å². The monoisotopic (exact) mass is 780 g/mol. The first kappa shape index (κ1) is 40.9. The van der Waals surface area contributed by atoms with E-state index in [1.54, 1.807) is 44.0 Å². The molecule has 1 atom stereocenters. The molecule has 1 fully saturated rings. The topological polar surface area (TPSA) is 161 Å². The van der Waals surface area contributed by atoms with Crippen molar-refractivity contribution in [3.8, 4) is 22.6 Å². The number of amides is 4. The second kappa shape index (κ2) is 18.0. The van der Waals surface area contributed by atoms with Crippen molar-refractivity contribution < 1.29 is 33.4 Å². The van der Waals surface area contributed by atoms with E-state index in [1.165, 1.54) is 0 Å². The molecule has 0 aliphatic carbocycles. The maximum absolute atomic E-state index is 13.3. The van der Waals surface area contributed by atoms with Gasteiger partial charge in [-0.05, 0) is 62.2 Å². The van der Waals surface area contributed by atoms with Crippen molar-refractivity contribution in [1.29, 1.82) is 0 Å². The number of nitrogens with zero attached hydrogens (tertiary/aromatic N) is 4. The number of imide groups is 2. The lowest BCUT2D eigenvalue weighted by Gasteiger charge is -2.27. The molecule has 0 bridgehead atoms. The minimum atomic E-state index is -0.991. The van der Waals surface area contributed by atoms with Crippen molar-refractivity contribution in [2.75, 3.05) is 39.7 Å². The van der Waals surface area contributed by atoms with Crippen LogP contribution in [0.5, 0.6) is 11.5 Å². The molecule has 14 nitrogen and oxygen atoms in total. The molecule has 0 saturated carbocycles. The first-order chi connectivity index (χ1) is 27.4. The molecule has 1 unspecified atom stereocenters. The molecular formula is C43H52N6O8. The molecule has 2 aromatic carbocycles. The second-order valence-electron chi connectivity index (χ2n) is 15.0. The number of Topliss-reactive ketones (excluding diaryl/α,β-unsaturated/α-hetero) is 1. The van der Waals surface area contributed by atoms with Gasteiger partial charge in [-0.3, -0.25) is 43.9 Å². The summed E-state index contributed by atoms with van der Waals surface area (Å²) >= 11 is 0. The summed E-state index contributed by atoms with van der Waals surface area (Å²) in [6, 6.07) is 9.93. The van der Waals surface area contributed by atoms with Crippen molar-refractivity contribution in [2.24, 2.45) is 14.1 Å². The van der Waals surface area contributed by atoms with E-state index in [-0.39, 0.29) is 35.3 Å². The Morgan fingerprint density at radius 3 is 2.25 bits per heavy atom. The maximum atomic E-state index is 13.3. The Kier molecular flexibility index (Phi) is 12.9. The number of hydrogen-bond acceptors (Lipinski definition) is 10. The van der Waals surface area contributed by atoms with Crippen LogP contribution in [0.15, 0.2) is 53.6 Å². The van der Waals surface area contributed by atoms with E-state index in [2.05, 4.69) is 10.6 Å². The molecule has 2 N–H and O–H groups in total. The van der Waals surface area contributed by atoms with Crippen LogP contribution in [-0.2, 0) is 35.0 Å². The van der Waals surface area contributed by atoms with E-state index in [0.29, 0.717) is 48.8 Å². The van der Waals surface area contributed by atoms with Gasteiger partial charge in [0.15, 0.2) is 0 Å². The Balaban J connectivity index is 0.901. The fourth-order valence-electron chi connectivity index (χ4n) is 7.95. The highest BCUT2D eigenvalue weighted by Crippen LogP contribution is 2.38. The summed E-state index contributed by atoms with van der Waals surface area (Å²) in [4.78, 5) is 79.0. The number of ketones is 1. The zero-order valence-corrected chi connectivity index (χ0v) is 33.4. The minimum absolute atomic E-state index is 0.0673. The van der Waals surface area contributed by atoms with Crippen LogP contribution in [0.3, 0.4) is 0 Å². The van der Waals surface area contributed by atoms with E-state index in [4.69, 9.17) is 9.47 Å². The molecular weight excluding hydrogens is 729 g/mol. The summed E-state index contributed by atoms with van der Waals surface area (Å²) < 4.78 is 15.1.